The van der Waals surface area contributed by atoms with Gasteiger partial charge in [0, 0.05) is 30.0 Å². The van der Waals surface area contributed by atoms with E-state index in [2.05, 4.69) is 26.1 Å². The lowest BCUT2D eigenvalue weighted by Crippen LogP contribution is -2.29. The van der Waals surface area contributed by atoms with Crippen molar-refractivity contribution in [1.29, 1.82) is 10.0 Å². The van der Waals surface area contributed by atoms with Crippen LogP contribution >= 0.6 is 0 Å². The molecule has 9 nitrogen and oxygen atoms in total. The summed E-state index contributed by atoms with van der Waals surface area (Å²) < 4.78 is 28.2. The van der Waals surface area contributed by atoms with Gasteiger partial charge in [0.2, 0.25) is 5.88 Å². The normalized spacial score (nSPS) is 14.0. The third kappa shape index (κ3) is 4.43. The Bertz CT molecular complexity index is 1170. The summed E-state index contributed by atoms with van der Waals surface area (Å²) in [5, 5.41) is 22.6. The van der Waals surface area contributed by atoms with Gasteiger partial charge in [0.15, 0.2) is 0 Å². The molecule has 0 saturated heterocycles. The van der Waals surface area contributed by atoms with E-state index < -0.39 is 16.0 Å². The maximum Gasteiger partial charge on any atom is 0.240 e. The Labute approximate surface area is 168 Å². The lowest BCUT2D eigenvalue weighted by Gasteiger charge is -2.14. The van der Waals surface area contributed by atoms with Crippen molar-refractivity contribution in [3.05, 3.63) is 48.3 Å². The van der Waals surface area contributed by atoms with Gasteiger partial charge >= 0.3 is 0 Å². The number of fused-ring (bicyclic) bond motifs is 1. The molecule has 4 N–H and O–H groups in total. The van der Waals surface area contributed by atoms with Gasteiger partial charge in [-0.15, -0.1) is 0 Å². The first-order chi connectivity index (χ1) is 13.9. The van der Waals surface area contributed by atoms with Crippen LogP contribution in [-0.4, -0.2) is 39.0 Å². The summed E-state index contributed by atoms with van der Waals surface area (Å²) in [7, 11) is -1.73. The number of ether oxygens (including phenoxy) is 1. The minimum atomic E-state index is -3.23. The molecule has 2 atom stereocenters. The summed E-state index contributed by atoms with van der Waals surface area (Å²) in [6.07, 6.45) is 2.30. The van der Waals surface area contributed by atoms with E-state index in [-0.39, 0.29) is 11.4 Å². The highest BCUT2D eigenvalue weighted by Crippen LogP contribution is 2.32. The SMILES string of the molecule is COc1nccc2c(Nc3ccc(S(=N)(=O)NC[C@@H](C)O)cc3)c(C#N)cnc12. The Morgan fingerprint density at radius 2 is 2.03 bits per heavy atom. The fraction of sp³-hybridized carbons (Fsp3) is 0.211. The molecule has 0 aliphatic carbocycles. The molecule has 3 rings (SSSR count). The Morgan fingerprint density at radius 3 is 2.66 bits per heavy atom. The van der Waals surface area contributed by atoms with Crippen LogP contribution in [0.2, 0.25) is 0 Å². The number of benzene rings is 1. The lowest BCUT2D eigenvalue weighted by atomic mass is 10.1. The van der Waals surface area contributed by atoms with Gasteiger partial charge < -0.3 is 15.2 Å². The van der Waals surface area contributed by atoms with E-state index in [0.29, 0.717) is 33.7 Å². The number of methoxy groups -OCH3 is 1. The average molecular weight is 412 g/mol. The number of aliphatic hydroxyl groups excluding tert-OH is 1. The predicted octanol–water partition coefficient (Wildman–Crippen LogP) is 2.54. The van der Waals surface area contributed by atoms with Gasteiger partial charge in [-0.25, -0.2) is 23.7 Å². The second-order valence-corrected chi connectivity index (χ2v) is 8.15. The molecule has 0 radical (unpaired) electrons. The Morgan fingerprint density at radius 1 is 1.31 bits per heavy atom. The number of nitriles is 1. The predicted molar refractivity (Wildman–Crippen MR) is 109 cm³/mol. The maximum absolute atomic E-state index is 12.5. The minimum absolute atomic E-state index is 0.0484. The van der Waals surface area contributed by atoms with Crippen LogP contribution in [0.1, 0.15) is 12.5 Å². The molecule has 2 aromatic heterocycles. The highest BCUT2D eigenvalue weighted by molar-refractivity contribution is 7.90. The topological polar surface area (TPSA) is 144 Å². The number of anilines is 2. The van der Waals surface area contributed by atoms with Crippen molar-refractivity contribution in [1.82, 2.24) is 14.7 Å². The highest BCUT2D eigenvalue weighted by Gasteiger charge is 2.14. The zero-order valence-corrected chi connectivity index (χ0v) is 16.7. The molecule has 0 aliphatic heterocycles. The van der Waals surface area contributed by atoms with Crippen LogP contribution in [0.5, 0.6) is 5.88 Å². The molecule has 3 aromatic rings. The van der Waals surface area contributed by atoms with Crippen molar-refractivity contribution in [3.8, 4) is 11.9 Å². The quantitative estimate of drug-likeness (QED) is 0.467. The summed E-state index contributed by atoms with van der Waals surface area (Å²) in [6.45, 7) is 1.60. The molecule has 0 spiro atoms. The van der Waals surface area contributed by atoms with Crippen LogP contribution < -0.4 is 14.8 Å². The van der Waals surface area contributed by atoms with Crippen LogP contribution in [0.3, 0.4) is 0 Å². The molecular formula is C19H20N6O3S. The monoisotopic (exact) mass is 412 g/mol. The van der Waals surface area contributed by atoms with Crippen molar-refractivity contribution in [2.24, 2.45) is 0 Å². The standard InChI is InChI=1S/C19H20N6O3S/c1-12(26)10-24-29(21,27)15-5-3-14(4-6-15)25-17-13(9-20)11-23-18-16(17)7-8-22-19(18)28-2/h3-8,11-12,26H,10H2,1-2H3,(H,23,25)(H2,21,24,27)/t12-,29?/m1/s1. The van der Waals surface area contributed by atoms with E-state index in [4.69, 9.17) is 9.52 Å². The maximum atomic E-state index is 12.5. The van der Waals surface area contributed by atoms with Gasteiger partial charge in [0.25, 0.3) is 0 Å². The van der Waals surface area contributed by atoms with Gasteiger partial charge in [0.1, 0.15) is 21.5 Å². The molecule has 10 heteroatoms. The zero-order chi connectivity index (χ0) is 21.0. The number of nitrogens with one attached hydrogen (secondary N) is 3. The number of rotatable bonds is 7. The Balaban J connectivity index is 1.95. The minimum Gasteiger partial charge on any atom is -0.479 e. The number of hydrogen-bond acceptors (Lipinski definition) is 8. The Hall–Kier alpha value is -3.26. The van der Waals surface area contributed by atoms with E-state index in [1.54, 1.807) is 43.5 Å². The summed E-state index contributed by atoms with van der Waals surface area (Å²) in [5.74, 6) is 0.350. The van der Waals surface area contributed by atoms with E-state index in [1.807, 2.05) is 0 Å². The summed E-state index contributed by atoms with van der Waals surface area (Å²) in [6, 6.07) is 10.3. The van der Waals surface area contributed by atoms with Crippen LogP contribution in [0.4, 0.5) is 11.4 Å². The summed E-state index contributed by atoms with van der Waals surface area (Å²) in [4.78, 5) is 8.68. The molecule has 0 bridgehead atoms. The number of pyridine rings is 2. The lowest BCUT2D eigenvalue weighted by molar-refractivity contribution is 0.199. The van der Waals surface area contributed by atoms with Crippen molar-refractivity contribution in [2.75, 3.05) is 19.0 Å². The molecule has 1 unspecified atom stereocenters. The van der Waals surface area contributed by atoms with E-state index >= 15 is 0 Å². The van der Waals surface area contributed by atoms with E-state index in [1.165, 1.54) is 13.3 Å². The smallest absolute Gasteiger partial charge is 0.240 e. The largest absolute Gasteiger partial charge is 0.479 e. The first kappa shape index (κ1) is 20.5. The molecule has 2 heterocycles. The van der Waals surface area contributed by atoms with Crippen LogP contribution in [-0.2, 0) is 9.92 Å². The number of hydrogen-bond donors (Lipinski definition) is 4. The molecule has 1 aromatic carbocycles. The van der Waals surface area contributed by atoms with Gasteiger partial charge in [0.05, 0.1) is 29.4 Å². The van der Waals surface area contributed by atoms with Crippen LogP contribution in [0.25, 0.3) is 10.9 Å². The number of aromatic nitrogens is 2. The average Bonchev–Trinajstić information content (AvgIpc) is 2.72. The molecule has 0 saturated carbocycles. The van der Waals surface area contributed by atoms with Crippen molar-refractivity contribution >= 4 is 32.2 Å². The highest BCUT2D eigenvalue weighted by atomic mass is 32.2. The second-order valence-electron chi connectivity index (χ2n) is 6.28. The summed E-state index contributed by atoms with van der Waals surface area (Å²) in [5.41, 5.74) is 2.05. The van der Waals surface area contributed by atoms with Crippen molar-refractivity contribution < 1.29 is 14.1 Å². The Kier molecular flexibility index (Phi) is 5.93. The number of aliphatic hydroxyl groups is 1. The van der Waals surface area contributed by atoms with E-state index in [9.17, 15) is 14.6 Å². The van der Waals surface area contributed by atoms with Crippen molar-refractivity contribution in [3.63, 3.8) is 0 Å². The molecular weight excluding hydrogens is 392 g/mol. The van der Waals surface area contributed by atoms with Gasteiger partial charge in [-0.1, -0.05) is 0 Å². The fourth-order valence-corrected chi connectivity index (χ4v) is 3.83. The molecule has 29 heavy (non-hydrogen) atoms. The first-order valence-electron chi connectivity index (χ1n) is 8.66. The van der Waals surface area contributed by atoms with Crippen LogP contribution in [0, 0.1) is 16.1 Å². The van der Waals surface area contributed by atoms with Gasteiger partial charge in [-0.3, -0.25) is 0 Å². The fourth-order valence-electron chi connectivity index (χ4n) is 2.66. The molecule has 0 aliphatic rings. The van der Waals surface area contributed by atoms with Gasteiger partial charge in [-0.05, 0) is 37.3 Å². The van der Waals surface area contributed by atoms with Crippen LogP contribution in [0.15, 0.2) is 47.6 Å². The third-order valence-electron chi connectivity index (χ3n) is 4.10. The molecule has 0 fully saturated rings. The number of nitrogens with zero attached hydrogens (tertiary/aromatic N) is 3. The molecule has 0 amide bonds. The third-order valence-corrected chi connectivity index (χ3v) is 5.61. The zero-order valence-electron chi connectivity index (χ0n) is 15.8. The first-order valence-corrected chi connectivity index (χ1v) is 10.2. The van der Waals surface area contributed by atoms with E-state index in [0.717, 1.165) is 0 Å². The van der Waals surface area contributed by atoms with Crippen molar-refractivity contribution in [2.45, 2.75) is 17.9 Å². The summed E-state index contributed by atoms with van der Waals surface area (Å²) >= 11 is 0. The second kappa shape index (κ2) is 8.40. The van der Waals surface area contributed by atoms with Gasteiger partial charge in [-0.2, -0.15) is 5.26 Å². The molecule has 150 valence electrons.